The number of ether oxygens (including phenoxy) is 1. The Bertz CT molecular complexity index is 949. The van der Waals surface area contributed by atoms with Crippen LogP contribution in [0.3, 0.4) is 0 Å². The van der Waals surface area contributed by atoms with Crippen LogP contribution < -0.4 is 16.0 Å². The van der Waals surface area contributed by atoms with Gasteiger partial charge in [-0.15, -0.1) is 0 Å². The molecule has 0 bridgehead atoms. The molecule has 5 unspecified atom stereocenters. The van der Waals surface area contributed by atoms with Crippen LogP contribution in [-0.4, -0.2) is 92.5 Å². The maximum atomic E-state index is 11.5. The molecule has 10 nitrogen and oxygen atoms in total. The molecule has 2 aliphatic carbocycles. The van der Waals surface area contributed by atoms with Gasteiger partial charge in [0.05, 0.1) is 24.3 Å². The van der Waals surface area contributed by atoms with E-state index < -0.39 is 18.5 Å². The summed E-state index contributed by atoms with van der Waals surface area (Å²) < 4.78 is 36.8. The Morgan fingerprint density at radius 2 is 1.79 bits per heavy atom. The summed E-state index contributed by atoms with van der Waals surface area (Å²) in [6, 6.07) is 2.06. The minimum atomic E-state index is -4.64. The molecule has 4 rings (SSSR count). The number of carbonyl (C=O) groups is 4. The van der Waals surface area contributed by atoms with E-state index in [0.29, 0.717) is 30.8 Å². The number of rotatable bonds is 9. The molecule has 3 N–H and O–H groups in total. The number of aldehydes is 2. The normalized spacial score (nSPS) is 28.7. The molecule has 2 heterocycles. The Morgan fingerprint density at radius 3 is 2.10 bits per heavy atom. The molecule has 0 radical (unpaired) electrons. The Labute approximate surface area is 247 Å². The van der Waals surface area contributed by atoms with E-state index in [1.807, 2.05) is 26.8 Å². The number of nitrogens with one attached hydrogen (secondary N) is 3. The van der Waals surface area contributed by atoms with Crippen molar-refractivity contribution in [2.75, 3.05) is 20.6 Å². The van der Waals surface area contributed by atoms with Crippen molar-refractivity contribution < 1.29 is 37.1 Å². The van der Waals surface area contributed by atoms with Crippen molar-refractivity contribution in [2.24, 2.45) is 23.2 Å². The van der Waals surface area contributed by atoms with E-state index in [1.165, 1.54) is 6.54 Å². The van der Waals surface area contributed by atoms with Gasteiger partial charge in [0.25, 0.3) is 0 Å². The molecule has 0 spiro atoms. The number of amides is 2. The summed E-state index contributed by atoms with van der Waals surface area (Å²) in [6.07, 6.45) is -0.508. The molecule has 0 aromatic carbocycles. The van der Waals surface area contributed by atoms with Crippen LogP contribution in [0.1, 0.15) is 67.2 Å². The van der Waals surface area contributed by atoms with Gasteiger partial charge >= 0.3 is 6.18 Å². The molecule has 2 aliphatic heterocycles. The molecule has 2 amide bonds. The minimum Gasteiger partial charge on any atom is -0.373 e. The summed E-state index contributed by atoms with van der Waals surface area (Å²) in [4.78, 5) is 43.3. The number of likely N-dealkylation sites (N-methyl/N-ethyl adjacent to an activating group) is 1. The van der Waals surface area contributed by atoms with Gasteiger partial charge in [0.2, 0.25) is 18.6 Å². The number of halogens is 3. The average Bonchev–Trinajstić information content (AvgIpc) is 3.74. The molecule has 240 valence electrons. The van der Waals surface area contributed by atoms with Gasteiger partial charge in [0.1, 0.15) is 12.3 Å². The van der Waals surface area contributed by atoms with Crippen LogP contribution in [0.5, 0.6) is 0 Å². The van der Waals surface area contributed by atoms with Gasteiger partial charge in [0, 0.05) is 24.0 Å². The Hall–Kier alpha value is -2.56. The highest BCUT2D eigenvalue weighted by atomic mass is 19.4. The van der Waals surface area contributed by atoms with Crippen LogP contribution in [-0.2, 0) is 23.9 Å². The summed E-state index contributed by atoms with van der Waals surface area (Å²) in [7, 11) is 4.01. The van der Waals surface area contributed by atoms with Gasteiger partial charge in [-0.1, -0.05) is 13.8 Å². The van der Waals surface area contributed by atoms with Gasteiger partial charge < -0.3 is 30.4 Å². The molecule has 2 saturated heterocycles. The number of piperidine rings is 1. The monoisotopic (exact) mass is 603 g/mol. The fourth-order valence-corrected chi connectivity index (χ4v) is 5.76. The standard InChI is InChI=1S/C10H15N3O2.C9H17N.C8H15NO2.C2HF3O/c1-10(2)4-7(9(15)13-10)3-8(5-11)12-6-14;1-6-8-7(5-10(6)4)9(8,2)3;1-6(8(5-10)9-2)11-7-3-4-7;3-2(4,5)1-6/h6-8H,3-4H2,1-2H3,(H,12,14)(H,13,15);6-8H,5H2,1-4H3;5-9H,3-4H2,1-2H3;1H/t;6-,7?,8?;6-,8?;/m.11./s1. The zero-order valence-corrected chi connectivity index (χ0v) is 26.0. The molecule has 4 fully saturated rings. The largest absolute Gasteiger partial charge is 0.446 e. The third kappa shape index (κ3) is 12.0. The van der Waals surface area contributed by atoms with Crippen molar-refractivity contribution in [3.8, 4) is 6.07 Å². The number of hydrogen-bond acceptors (Lipinski definition) is 8. The Kier molecular flexibility index (Phi) is 14.1. The maximum Gasteiger partial charge on any atom is 0.446 e. The summed E-state index contributed by atoms with van der Waals surface area (Å²) >= 11 is 0. The number of fused-ring (bicyclic) bond motifs is 1. The second-order valence-corrected chi connectivity index (χ2v) is 12.8. The lowest BCUT2D eigenvalue weighted by Gasteiger charge is -2.23. The summed E-state index contributed by atoms with van der Waals surface area (Å²) in [5.41, 5.74) is 0.467. The quantitative estimate of drug-likeness (QED) is 0.342. The number of nitriles is 1. The van der Waals surface area contributed by atoms with Crippen LogP contribution in [0.25, 0.3) is 0 Å². The smallest absolute Gasteiger partial charge is 0.373 e. The highest BCUT2D eigenvalue weighted by molar-refractivity contribution is 5.82. The summed E-state index contributed by atoms with van der Waals surface area (Å²) in [5.74, 6) is 1.79. The van der Waals surface area contributed by atoms with Crippen molar-refractivity contribution in [1.82, 2.24) is 20.9 Å². The SMILES string of the molecule is CC1(C)CC(CC(C#N)NC=O)C(=O)N1.CNC(C=O)[C@@H](C)OC1CC1.C[C@@H]1C2C(CN1C)C2(C)C.O=CC(F)(F)F. The fraction of sp³-hybridized carbons (Fsp3) is 0.828. The van der Waals surface area contributed by atoms with Crippen LogP contribution in [0.15, 0.2) is 0 Å². The zero-order valence-electron chi connectivity index (χ0n) is 26.0. The number of nitrogens with zero attached hydrogens (tertiary/aromatic N) is 2. The van der Waals surface area contributed by atoms with Crippen molar-refractivity contribution in [2.45, 2.75) is 109 Å². The lowest BCUT2D eigenvalue weighted by atomic mass is 9.92. The van der Waals surface area contributed by atoms with Gasteiger partial charge in [0.15, 0.2) is 0 Å². The first-order valence-corrected chi connectivity index (χ1v) is 14.3. The molecule has 2 saturated carbocycles. The first-order valence-electron chi connectivity index (χ1n) is 14.3. The van der Waals surface area contributed by atoms with Crippen LogP contribution in [0.4, 0.5) is 13.2 Å². The van der Waals surface area contributed by atoms with Crippen molar-refractivity contribution in [1.29, 1.82) is 5.26 Å². The fourth-order valence-electron chi connectivity index (χ4n) is 5.76. The summed E-state index contributed by atoms with van der Waals surface area (Å²) in [5, 5.41) is 16.9. The molecular formula is C29H48F3N5O5. The highest BCUT2D eigenvalue weighted by Gasteiger charge is 2.64. The van der Waals surface area contributed by atoms with E-state index >= 15 is 0 Å². The molecule has 0 aromatic heterocycles. The highest BCUT2D eigenvalue weighted by Crippen LogP contribution is 2.64. The third-order valence-electron chi connectivity index (χ3n) is 8.42. The Balaban J connectivity index is 0.000000293. The number of alkyl halides is 3. The number of likely N-dealkylation sites (tertiary alicyclic amines) is 1. The van der Waals surface area contributed by atoms with E-state index in [-0.39, 0.29) is 29.5 Å². The predicted molar refractivity (Wildman–Crippen MR) is 151 cm³/mol. The van der Waals surface area contributed by atoms with Crippen LogP contribution in [0, 0.1) is 34.5 Å². The molecule has 13 heteroatoms. The molecule has 7 atom stereocenters. The van der Waals surface area contributed by atoms with E-state index in [9.17, 15) is 27.6 Å². The van der Waals surface area contributed by atoms with E-state index in [2.05, 4.69) is 48.7 Å². The van der Waals surface area contributed by atoms with Crippen molar-refractivity contribution in [3.05, 3.63) is 0 Å². The minimum absolute atomic E-state index is 0.00463. The lowest BCUT2D eigenvalue weighted by Crippen LogP contribution is -2.39. The number of hydrogen-bond donors (Lipinski definition) is 3. The molecular weight excluding hydrogens is 555 g/mol. The van der Waals surface area contributed by atoms with Crippen molar-refractivity contribution >= 4 is 24.9 Å². The molecule has 42 heavy (non-hydrogen) atoms. The van der Waals surface area contributed by atoms with Crippen LogP contribution in [0.2, 0.25) is 0 Å². The van der Waals surface area contributed by atoms with E-state index in [1.54, 1.807) is 7.05 Å². The average molecular weight is 604 g/mol. The Morgan fingerprint density at radius 1 is 1.21 bits per heavy atom. The summed E-state index contributed by atoms with van der Waals surface area (Å²) in [6.45, 7) is 14.3. The first kappa shape index (κ1) is 37.5. The van der Waals surface area contributed by atoms with E-state index in [0.717, 1.165) is 37.0 Å². The molecule has 0 aromatic rings. The van der Waals surface area contributed by atoms with Gasteiger partial charge in [-0.3, -0.25) is 14.4 Å². The van der Waals surface area contributed by atoms with E-state index in [4.69, 9.17) is 14.8 Å². The van der Waals surface area contributed by atoms with Gasteiger partial charge in [-0.25, -0.2) is 0 Å². The number of carbonyl (C=O) groups excluding carboxylic acids is 4. The van der Waals surface area contributed by atoms with Gasteiger partial charge in [-0.2, -0.15) is 18.4 Å². The third-order valence-corrected chi connectivity index (χ3v) is 8.42. The van der Waals surface area contributed by atoms with Crippen molar-refractivity contribution in [3.63, 3.8) is 0 Å². The van der Waals surface area contributed by atoms with Crippen LogP contribution >= 0.6 is 0 Å². The second-order valence-electron chi connectivity index (χ2n) is 12.8. The topological polar surface area (TPSA) is 141 Å². The second kappa shape index (κ2) is 15.8. The first-order chi connectivity index (χ1) is 19.4. The predicted octanol–water partition coefficient (Wildman–Crippen LogP) is 2.61. The molecule has 4 aliphatic rings. The zero-order chi connectivity index (χ0) is 32.5. The lowest BCUT2D eigenvalue weighted by molar-refractivity contribution is -0.156. The van der Waals surface area contributed by atoms with Gasteiger partial charge in [-0.05, 0) is 84.7 Å². The maximum absolute atomic E-state index is 11.5.